The van der Waals surface area contributed by atoms with E-state index in [0.717, 1.165) is 0 Å². The van der Waals surface area contributed by atoms with E-state index < -0.39 is 10.8 Å². The van der Waals surface area contributed by atoms with Crippen LogP contribution in [0.4, 0.5) is 0 Å². The second-order valence-electron chi connectivity index (χ2n) is 3.94. The topological polar surface area (TPSA) is 29.1 Å². The van der Waals surface area contributed by atoms with Crippen LogP contribution in [0.5, 0.6) is 0 Å². The standard InChI is InChI=1S/C12H19NOS/c1-10(9-15(3)14)13-11(2)12-7-5-4-6-8-12/h4-8,10-11,13H,9H2,1-3H3. The van der Waals surface area contributed by atoms with Gasteiger partial charge in [0.25, 0.3) is 0 Å². The van der Waals surface area contributed by atoms with Crippen molar-refractivity contribution in [1.82, 2.24) is 5.32 Å². The number of benzene rings is 1. The Labute approximate surface area is 94.5 Å². The molecule has 0 aliphatic rings. The lowest BCUT2D eigenvalue weighted by molar-refractivity contribution is 0.508. The Morgan fingerprint density at radius 1 is 1.27 bits per heavy atom. The third-order valence-electron chi connectivity index (χ3n) is 2.32. The van der Waals surface area contributed by atoms with Crippen molar-refractivity contribution >= 4 is 10.8 Å². The molecule has 0 heterocycles. The zero-order chi connectivity index (χ0) is 11.3. The Morgan fingerprint density at radius 3 is 2.40 bits per heavy atom. The molecular weight excluding hydrogens is 206 g/mol. The fourth-order valence-corrected chi connectivity index (χ4v) is 2.47. The molecule has 1 N–H and O–H groups in total. The minimum absolute atomic E-state index is 0.283. The lowest BCUT2D eigenvalue weighted by Gasteiger charge is -2.19. The Balaban J connectivity index is 2.49. The molecule has 0 aromatic heterocycles. The smallest absolute Gasteiger partial charge is 0.0383 e. The van der Waals surface area contributed by atoms with Gasteiger partial charge >= 0.3 is 0 Å². The minimum atomic E-state index is -0.731. The lowest BCUT2D eigenvalue weighted by atomic mass is 10.1. The summed E-state index contributed by atoms with van der Waals surface area (Å²) in [6, 6.07) is 10.9. The Bertz CT molecular complexity index is 313. The predicted octanol–water partition coefficient (Wildman–Crippen LogP) is 2.10. The molecule has 84 valence electrons. The van der Waals surface area contributed by atoms with E-state index in [1.807, 2.05) is 18.2 Å². The molecule has 3 unspecified atom stereocenters. The molecule has 0 bridgehead atoms. The fourth-order valence-electron chi connectivity index (χ4n) is 1.66. The summed E-state index contributed by atoms with van der Waals surface area (Å²) < 4.78 is 11.0. The summed E-state index contributed by atoms with van der Waals surface area (Å²) in [5, 5.41) is 3.43. The van der Waals surface area contributed by atoms with Crippen LogP contribution in [0.3, 0.4) is 0 Å². The van der Waals surface area contributed by atoms with Crippen molar-refractivity contribution in [1.29, 1.82) is 0 Å². The van der Waals surface area contributed by atoms with E-state index in [-0.39, 0.29) is 6.04 Å². The highest BCUT2D eigenvalue weighted by Crippen LogP contribution is 2.11. The molecule has 0 amide bonds. The molecule has 0 saturated heterocycles. The molecule has 3 atom stereocenters. The zero-order valence-electron chi connectivity index (χ0n) is 9.57. The zero-order valence-corrected chi connectivity index (χ0v) is 10.4. The van der Waals surface area contributed by atoms with E-state index in [1.54, 1.807) is 6.26 Å². The van der Waals surface area contributed by atoms with Gasteiger partial charge in [0.1, 0.15) is 0 Å². The van der Waals surface area contributed by atoms with Gasteiger partial charge in [0.2, 0.25) is 0 Å². The summed E-state index contributed by atoms with van der Waals surface area (Å²) in [5.74, 6) is 0.706. The van der Waals surface area contributed by atoms with Crippen molar-refractivity contribution in [2.24, 2.45) is 0 Å². The summed E-state index contributed by atoms with van der Waals surface area (Å²) in [6.45, 7) is 4.20. The van der Waals surface area contributed by atoms with E-state index in [9.17, 15) is 4.21 Å². The molecular formula is C12H19NOS. The average molecular weight is 225 g/mol. The Kier molecular flexibility index (Phi) is 4.99. The van der Waals surface area contributed by atoms with Crippen LogP contribution in [-0.2, 0) is 10.8 Å². The molecule has 1 aromatic carbocycles. The van der Waals surface area contributed by atoms with Gasteiger partial charge in [0.05, 0.1) is 0 Å². The third-order valence-corrected chi connectivity index (χ3v) is 3.29. The van der Waals surface area contributed by atoms with Crippen LogP contribution in [-0.4, -0.2) is 22.3 Å². The van der Waals surface area contributed by atoms with Crippen LogP contribution in [0.15, 0.2) is 30.3 Å². The molecule has 0 aliphatic carbocycles. The summed E-state index contributed by atoms with van der Waals surface area (Å²) in [7, 11) is -0.731. The van der Waals surface area contributed by atoms with Crippen LogP contribution < -0.4 is 5.32 Å². The van der Waals surface area contributed by atoms with Crippen molar-refractivity contribution < 1.29 is 4.21 Å². The van der Waals surface area contributed by atoms with Gasteiger partial charge in [-0.05, 0) is 19.4 Å². The van der Waals surface area contributed by atoms with Crippen molar-refractivity contribution in [3.63, 3.8) is 0 Å². The van der Waals surface area contributed by atoms with Crippen LogP contribution in [0.2, 0.25) is 0 Å². The monoisotopic (exact) mass is 225 g/mol. The summed E-state index contributed by atoms with van der Waals surface area (Å²) in [5.41, 5.74) is 1.27. The first-order valence-electron chi connectivity index (χ1n) is 5.20. The molecule has 1 aromatic rings. The molecule has 0 spiro atoms. The van der Waals surface area contributed by atoms with E-state index in [2.05, 4.69) is 31.3 Å². The highest BCUT2D eigenvalue weighted by atomic mass is 32.2. The first-order chi connectivity index (χ1) is 7.09. The van der Waals surface area contributed by atoms with Gasteiger partial charge < -0.3 is 5.32 Å². The molecule has 15 heavy (non-hydrogen) atoms. The van der Waals surface area contributed by atoms with Gasteiger partial charge in [-0.2, -0.15) is 0 Å². The minimum Gasteiger partial charge on any atom is -0.307 e. The fraction of sp³-hybridized carbons (Fsp3) is 0.500. The van der Waals surface area contributed by atoms with E-state index in [4.69, 9.17) is 0 Å². The maximum Gasteiger partial charge on any atom is 0.0383 e. The Morgan fingerprint density at radius 2 is 1.87 bits per heavy atom. The first kappa shape index (κ1) is 12.4. The number of rotatable bonds is 5. The number of hydrogen-bond donors (Lipinski definition) is 1. The second kappa shape index (κ2) is 6.03. The van der Waals surface area contributed by atoms with Gasteiger partial charge in [-0.25, -0.2) is 0 Å². The molecule has 2 nitrogen and oxygen atoms in total. The molecule has 0 saturated carbocycles. The van der Waals surface area contributed by atoms with E-state index in [0.29, 0.717) is 11.8 Å². The van der Waals surface area contributed by atoms with E-state index in [1.165, 1.54) is 5.56 Å². The normalized spacial score (nSPS) is 17.0. The van der Waals surface area contributed by atoms with Crippen molar-refractivity contribution in [2.75, 3.05) is 12.0 Å². The molecule has 3 heteroatoms. The summed E-state index contributed by atoms with van der Waals surface area (Å²) in [4.78, 5) is 0. The quantitative estimate of drug-likeness (QED) is 0.831. The van der Waals surface area contributed by atoms with Gasteiger partial charge in [-0.1, -0.05) is 30.3 Å². The molecule has 0 aliphatic heterocycles. The van der Waals surface area contributed by atoms with Gasteiger partial charge in [0.15, 0.2) is 0 Å². The van der Waals surface area contributed by atoms with Gasteiger partial charge in [0, 0.05) is 34.9 Å². The number of hydrogen-bond acceptors (Lipinski definition) is 2. The number of nitrogens with one attached hydrogen (secondary N) is 1. The van der Waals surface area contributed by atoms with Gasteiger partial charge in [-0.15, -0.1) is 0 Å². The van der Waals surface area contributed by atoms with Crippen molar-refractivity contribution in [3.8, 4) is 0 Å². The van der Waals surface area contributed by atoms with Crippen LogP contribution >= 0.6 is 0 Å². The lowest BCUT2D eigenvalue weighted by Crippen LogP contribution is -2.33. The van der Waals surface area contributed by atoms with Crippen molar-refractivity contribution in [3.05, 3.63) is 35.9 Å². The SMILES string of the molecule is CC(CS(C)=O)NC(C)c1ccccc1. The van der Waals surface area contributed by atoms with Crippen LogP contribution in [0, 0.1) is 0 Å². The second-order valence-corrected chi connectivity index (χ2v) is 5.42. The van der Waals surface area contributed by atoms with Crippen LogP contribution in [0.1, 0.15) is 25.5 Å². The van der Waals surface area contributed by atoms with Crippen LogP contribution in [0.25, 0.3) is 0 Å². The first-order valence-corrected chi connectivity index (χ1v) is 6.93. The average Bonchev–Trinajstić information content (AvgIpc) is 2.17. The summed E-state index contributed by atoms with van der Waals surface area (Å²) in [6.07, 6.45) is 1.74. The third kappa shape index (κ3) is 4.58. The maximum atomic E-state index is 11.0. The van der Waals surface area contributed by atoms with Crippen molar-refractivity contribution in [2.45, 2.75) is 25.9 Å². The van der Waals surface area contributed by atoms with Gasteiger partial charge in [-0.3, -0.25) is 4.21 Å². The molecule has 0 fully saturated rings. The predicted molar refractivity (Wildman–Crippen MR) is 66.4 cm³/mol. The van der Waals surface area contributed by atoms with E-state index >= 15 is 0 Å². The maximum absolute atomic E-state index is 11.0. The highest BCUT2D eigenvalue weighted by Gasteiger charge is 2.09. The molecule has 1 rings (SSSR count). The molecule has 0 radical (unpaired) electrons. The largest absolute Gasteiger partial charge is 0.307 e. The Hall–Kier alpha value is -0.670. The highest BCUT2D eigenvalue weighted by molar-refractivity contribution is 7.84. The summed E-state index contributed by atoms with van der Waals surface area (Å²) >= 11 is 0.